The molecule has 8 heteroatoms. The molecule has 2 aromatic rings. The van der Waals surface area contributed by atoms with Gasteiger partial charge in [-0.2, -0.15) is 10.3 Å². The van der Waals surface area contributed by atoms with Crippen molar-refractivity contribution in [2.75, 3.05) is 26.4 Å². The van der Waals surface area contributed by atoms with E-state index in [9.17, 15) is 9.59 Å². The van der Waals surface area contributed by atoms with Crippen LogP contribution in [0.15, 0.2) is 30.8 Å². The van der Waals surface area contributed by atoms with Gasteiger partial charge in [-0.1, -0.05) is 27.7 Å². The molecule has 2 rings (SSSR count). The van der Waals surface area contributed by atoms with Gasteiger partial charge in [0.2, 0.25) is 0 Å². The zero-order chi connectivity index (χ0) is 22.0. The first-order valence-electron chi connectivity index (χ1n) is 10.7. The molecule has 0 saturated heterocycles. The van der Waals surface area contributed by atoms with Crippen LogP contribution in [0.2, 0.25) is 0 Å². The Kier molecular flexibility index (Phi) is 9.17. The van der Waals surface area contributed by atoms with Crippen molar-refractivity contribution in [2.45, 2.75) is 66.2 Å². The maximum atomic E-state index is 11.1. The predicted molar refractivity (Wildman–Crippen MR) is 114 cm³/mol. The van der Waals surface area contributed by atoms with Crippen molar-refractivity contribution in [3.8, 4) is 0 Å². The van der Waals surface area contributed by atoms with Gasteiger partial charge < -0.3 is 18.5 Å². The molecule has 0 unspecified atom stereocenters. The van der Waals surface area contributed by atoms with E-state index in [4.69, 9.17) is 18.5 Å². The van der Waals surface area contributed by atoms with Gasteiger partial charge in [0, 0.05) is 38.2 Å². The second-order valence-electron chi connectivity index (χ2n) is 9.41. The molecule has 0 amide bonds. The van der Waals surface area contributed by atoms with Crippen molar-refractivity contribution in [3.63, 3.8) is 0 Å². The third-order valence-corrected chi connectivity index (χ3v) is 5.46. The van der Waals surface area contributed by atoms with Crippen molar-refractivity contribution < 1.29 is 18.5 Å². The van der Waals surface area contributed by atoms with Crippen LogP contribution in [0.25, 0.3) is 0 Å². The Bertz CT molecular complexity index is 772. The second-order valence-corrected chi connectivity index (χ2v) is 9.41. The lowest BCUT2D eigenvalue weighted by atomic mass is 9.84. The standard InChI is InChI=1S/C22H36N2O6/c1-21(2,7-5-17-15-19(25)23-29-17)9-11-27-13-14-28-12-10-22(3,4)8-6-18-16-20(26)24-30-18/h15-16H,5-14H2,1-4H3,(H,23,25)(H,24,26). The van der Waals surface area contributed by atoms with Gasteiger partial charge >= 0.3 is 0 Å². The summed E-state index contributed by atoms with van der Waals surface area (Å²) in [7, 11) is 0. The summed E-state index contributed by atoms with van der Waals surface area (Å²) in [5.41, 5.74) is -0.161. The van der Waals surface area contributed by atoms with E-state index in [2.05, 4.69) is 38.0 Å². The SMILES string of the molecule is CC(C)(CCOCCOCCC(C)(C)CCc1cc(=O)[nH]o1)CCc1cc(=O)[nH]o1. The highest BCUT2D eigenvalue weighted by molar-refractivity contribution is 4.95. The summed E-state index contributed by atoms with van der Waals surface area (Å²) in [5.74, 6) is 1.39. The van der Waals surface area contributed by atoms with Gasteiger partial charge in [-0.3, -0.25) is 9.59 Å². The normalized spacial score (nSPS) is 12.5. The quantitative estimate of drug-likeness (QED) is 0.422. The van der Waals surface area contributed by atoms with Gasteiger partial charge in [-0.15, -0.1) is 0 Å². The van der Waals surface area contributed by atoms with E-state index in [1.807, 2.05) is 0 Å². The van der Waals surface area contributed by atoms with Crippen molar-refractivity contribution in [1.29, 1.82) is 0 Å². The summed E-state index contributed by atoms with van der Waals surface area (Å²) < 4.78 is 21.6. The lowest BCUT2D eigenvalue weighted by Crippen LogP contribution is -2.18. The van der Waals surface area contributed by atoms with Crippen LogP contribution in [0, 0.1) is 10.8 Å². The summed E-state index contributed by atoms with van der Waals surface area (Å²) in [5, 5.41) is 4.64. The van der Waals surface area contributed by atoms with Crippen LogP contribution in [0.5, 0.6) is 0 Å². The number of aromatic nitrogens is 2. The van der Waals surface area contributed by atoms with Crippen molar-refractivity contribution in [3.05, 3.63) is 44.4 Å². The Balaban J connectivity index is 1.48. The highest BCUT2D eigenvalue weighted by atomic mass is 16.5. The summed E-state index contributed by atoms with van der Waals surface area (Å²) in [6.07, 6.45) is 5.19. The third-order valence-electron chi connectivity index (χ3n) is 5.46. The molecule has 30 heavy (non-hydrogen) atoms. The van der Waals surface area contributed by atoms with E-state index in [0.717, 1.165) is 38.5 Å². The Morgan fingerprint density at radius 1 is 0.700 bits per heavy atom. The Hall–Kier alpha value is -2.06. The summed E-state index contributed by atoms with van der Waals surface area (Å²) in [4.78, 5) is 22.2. The minimum Gasteiger partial charge on any atom is -0.384 e. The zero-order valence-corrected chi connectivity index (χ0v) is 18.7. The molecular weight excluding hydrogens is 388 g/mol. The Morgan fingerprint density at radius 3 is 1.43 bits per heavy atom. The number of hydrogen-bond donors (Lipinski definition) is 2. The predicted octanol–water partition coefficient (Wildman–Crippen LogP) is 3.68. The molecule has 2 N–H and O–H groups in total. The van der Waals surface area contributed by atoms with Crippen LogP contribution in [-0.2, 0) is 22.3 Å². The smallest absolute Gasteiger partial charge is 0.280 e. The van der Waals surface area contributed by atoms with E-state index < -0.39 is 0 Å². The number of nitrogens with one attached hydrogen (secondary N) is 2. The molecule has 0 radical (unpaired) electrons. The minimum absolute atomic E-state index is 0.110. The first-order valence-corrected chi connectivity index (χ1v) is 10.7. The second kappa shape index (κ2) is 11.4. The van der Waals surface area contributed by atoms with Crippen LogP contribution in [0.3, 0.4) is 0 Å². The third kappa shape index (κ3) is 9.63. The van der Waals surface area contributed by atoms with E-state index in [-0.39, 0.29) is 21.9 Å². The number of hydrogen-bond acceptors (Lipinski definition) is 6. The molecule has 8 nitrogen and oxygen atoms in total. The Labute approximate surface area is 177 Å². The molecule has 0 atom stereocenters. The molecule has 0 spiro atoms. The first-order chi connectivity index (χ1) is 14.2. The molecule has 0 aliphatic carbocycles. The molecular formula is C22H36N2O6. The monoisotopic (exact) mass is 424 g/mol. The molecule has 0 fully saturated rings. The van der Waals surface area contributed by atoms with Crippen LogP contribution in [0.1, 0.15) is 64.9 Å². The number of aryl methyl sites for hydroxylation is 2. The molecule has 2 aromatic heterocycles. The van der Waals surface area contributed by atoms with Crippen LogP contribution >= 0.6 is 0 Å². The molecule has 0 aromatic carbocycles. The maximum absolute atomic E-state index is 11.1. The van der Waals surface area contributed by atoms with Gasteiger partial charge in [0.25, 0.3) is 11.1 Å². The van der Waals surface area contributed by atoms with E-state index in [0.29, 0.717) is 37.9 Å². The topological polar surface area (TPSA) is 110 Å². The average molecular weight is 425 g/mol. The number of rotatable bonds is 15. The van der Waals surface area contributed by atoms with Gasteiger partial charge in [-0.05, 0) is 36.5 Å². The van der Waals surface area contributed by atoms with E-state index in [1.165, 1.54) is 12.1 Å². The lowest BCUT2D eigenvalue weighted by molar-refractivity contribution is 0.0273. The number of ether oxygens (including phenoxy) is 2. The van der Waals surface area contributed by atoms with Gasteiger partial charge in [0.05, 0.1) is 13.2 Å². The first kappa shape index (κ1) is 24.2. The molecule has 2 heterocycles. The largest absolute Gasteiger partial charge is 0.384 e. The Morgan fingerprint density at radius 2 is 1.10 bits per heavy atom. The molecule has 0 saturated carbocycles. The average Bonchev–Trinajstić information content (AvgIpc) is 3.28. The summed E-state index contributed by atoms with van der Waals surface area (Å²) >= 11 is 0. The van der Waals surface area contributed by atoms with Gasteiger partial charge in [-0.25, -0.2) is 0 Å². The molecule has 0 aliphatic heterocycles. The van der Waals surface area contributed by atoms with Crippen molar-refractivity contribution >= 4 is 0 Å². The summed E-state index contributed by atoms with van der Waals surface area (Å²) in [6.45, 7) is 11.3. The van der Waals surface area contributed by atoms with E-state index >= 15 is 0 Å². The lowest BCUT2D eigenvalue weighted by Gasteiger charge is -2.24. The maximum Gasteiger partial charge on any atom is 0.280 e. The van der Waals surface area contributed by atoms with Crippen LogP contribution < -0.4 is 11.1 Å². The fourth-order valence-corrected chi connectivity index (χ4v) is 3.08. The summed E-state index contributed by atoms with van der Waals surface area (Å²) in [6, 6.07) is 3.01. The van der Waals surface area contributed by atoms with Crippen molar-refractivity contribution in [1.82, 2.24) is 10.3 Å². The molecule has 170 valence electrons. The number of aromatic amines is 2. The molecule has 0 bridgehead atoms. The number of H-pyrrole nitrogens is 2. The fraction of sp³-hybridized carbons (Fsp3) is 0.727. The van der Waals surface area contributed by atoms with Gasteiger partial charge in [0.1, 0.15) is 11.5 Å². The highest BCUT2D eigenvalue weighted by Gasteiger charge is 2.20. The molecule has 0 aliphatic rings. The van der Waals surface area contributed by atoms with Gasteiger partial charge in [0.15, 0.2) is 0 Å². The van der Waals surface area contributed by atoms with Crippen LogP contribution in [-0.4, -0.2) is 36.7 Å². The minimum atomic E-state index is -0.191. The zero-order valence-electron chi connectivity index (χ0n) is 18.7. The van der Waals surface area contributed by atoms with Crippen LogP contribution in [0.4, 0.5) is 0 Å². The van der Waals surface area contributed by atoms with E-state index in [1.54, 1.807) is 0 Å². The highest BCUT2D eigenvalue weighted by Crippen LogP contribution is 2.27. The van der Waals surface area contributed by atoms with Crippen molar-refractivity contribution in [2.24, 2.45) is 10.8 Å². The fourth-order valence-electron chi connectivity index (χ4n) is 3.08.